The van der Waals surface area contributed by atoms with Crippen LogP contribution in [0.3, 0.4) is 0 Å². The molecule has 0 spiro atoms. The average molecular weight is 288 g/mol. The van der Waals surface area contributed by atoms with Gasteiger partial charge in [-0.3, -0.25) is 5.10 Å². The van der Waals surface area contributed by atoms with Crippen LogP contribution in [0.15, 0.2) is 24.3 Å². The highest BCUT2D eigenvalue weighted by Crippen LogP contribution is 2.31. The highest BCUT2D eigenvalue weighted by molar-refractivity contribution is 5.90. The Labute approximate surface area is 119 Å². The predicted molar refractivity (Wildman–Crippen MR) is 76.5 cm³/mol. The SMILES string of the molecule is COc1cc2cc(Nc3cc(C)[nH]n3)nc(O)c2cc1F. The maximum Gasteiger partial charge on any atom is 0.220 e. The van der Waals surface area contributed by atoms with Gasteiger partial charge in [-0.2, -0.15) is 10.1 Å². The summed E-state index contributed by atoms with van der Waals surface area (Å²) in [7, 11) is 1.39. The second-order valence-corrected chi connectivity index (χ2v) is 4.60. The summed E-state index contributed by atoms with van der Waals surface area (Å²) in [5.74, 6) is 0.275. The van der Waals surface area contributed by atoms with Crippen LogP contribution in [0.5, 0.6) is 11.6 Å². The van der Waals surface area contributed by atoms with E-state index in [0.29, 0.717) is 22.4 Å². The van der Waals surface area contributed by atoms with E-state index in [-0.39, 0.29) is 11.6 Å². The molecule has 0 saturated heterocycles. The number of nitrogens with one attached hydrogen (secondary N) is 2. The molecule has 2 aromatic heterocycles. The molecule has 1 aromatic carbocycles. The molecule has 6 nitrogen and oxygen atoms in total. The topological polar surface area (TPSA) is 83.1 Å². The van der Waals surface area contributed by atoms with Gasteiger partial charge in [0.1, 0.15) is 5.82 Å². The molecule has 0 aliphatic rings. The van der Waals surface area contributed by atoms with Crippen molar-refractivity contribution in [1.82, 2.24) is 15.2 Å². The van der Waals surface area contributed by atoms with Crippen LogP contribution >= 0.6 is 0 Å². The Morgan fingerprint density at radius 2 is 2.05 bits per heavy atom. The average Bonchev–Trinajstić information content (AvgIpc) is 2.84. The number of pyridine rings is 1. The third-order valence-corrected chi connectivity index (χ3v) is 3.05. The zero-order chi connectivity index (χ0) is 15.0. The van der Waals surface area contributed by atoms with E-state index in [1.165, 1.54) is 19.2 Å². The molecule has 3 aromatic rings. The second-order valence-electron chi connectivity index (χ2n) is 4.60. The van der Waals surface area contributed by atoms with Gasteiger partial charge in [-0.15, -0.1) is 0 Å². The molecule has 0 atom stereocenters. The third kappa shape index (κ3) is 2.45. The minimum absolute atomic E-state index is 0.106. The first kappa shape index (κ1) is 13.2. The number of aryl methyl sites for hydroxylation is 1. The van der Waals surface area contributed by atoms with Gasteiger partial charge in [0.05, 0.1) is 7.11 Å². The number of methoxy groups -OCH3 is 1. The van der Waals surface area contributed by atoms with Crippen molar-refractivity contribution in [3.8, 4) is 11.6 Å². The van der Waals surface area contributed by atoms with Gasteiger partial charge in [-0.05, 0) is 30.5 Å². The zero-order valence-electron chi connectivity index (χ0n) is 11.4. The van der Waals surface area contributed by atoms with Crippen molar-refractivity contribution < 1.29 is 14.2 Å². The van der Waals surface area contributed by atoms with Crippen LogP contribution < -0.4 is 10.1 Å². The van der Waals surface area contributed by atoms with Crippen LogP contribution in [0.1, 0.15) is 5.69 Å². The lowest BCUT2D eigenvalue weighted by Crippen LogP contribution is -1.95. The number of aromatic hydroxyl groups is 1. The second kappa shape index (κ2) is 4.93. The van der Waals surface area contributed by atoms with E-state index in [4.69, 9.17) is 4.74 Å². The summed E-state index contributed by atoms with van der Waals surface area (Å²) < 4.78 is 18.6. The lowest BCUT2D eigenvalue weighted by Gasteiger charge is -2.08. The molecule has 0 bridgehead atoms. The summed E-state index contributed by atoms with van der Waals surface area (Å²) in [6.45, 7) is 1.87. The molecule has 0 aliphatic heterocycles. The summed E-state index contributed by atoms with van der Waals surface area (Å²) in [6, 6.07) is 6.18. The molecule has 0 unspecified atom stereocenters. The summed E-state index contributed by atoms with van der Waals surface area (Å²) >= 11 is 0. The Morgan fingerprint density at radius 3 is 2.71 bits per heavy atom. The van der Waals surface area contributed by atoms with Crippen molar-refractivity contribution in [2.75, 3.05) is 12.4 Å². The molecule has 0 radical (unpaired) electrons. The number of rotatable bonds is 3. The standard InChI is InChI=1S/C14H13FN4O2/c1-7-3-13(19-18-7)16-12-5-8-4-11(21-2)10(15)6-9(8)14(20)17-12/h3-6H,1-2H3,(H3,16,17,18,19,20). The maximum absolute atomic E-state index is 13.7. The first-order valence-corrected chi connectivity index (χ1v) is 6.23. The van der Waals surface area contributed by atoms with Crippen molar-refractivity contribution in [2.45, 2.75) is 6.92 Å². The number of hydrogen-bond donors (Lipinski definition) is 3. The summed E-state index contributed by atoms with van der Waals surface area (Å²) in [5, 5.41) is 20.6. The quantitative estimate of drug-likeness (QED) is 0.690. The van der Waals surface area contributed by atoms with Gasteiger partial charge >= 0.3 is 0 Å². The number of H-pyrrole nitrogens is 1. The number of hydrogen-bond acceptors (Lipinski definition) is 5. The van der Waals surface area contributed by atoms with Crippen molar-refractivity contribution in [3.63, 3.8) is 0 Å². The van der Waals surface area contributed by atoms with Crippen LogP contribution in [-0.2, 0) is 0 Å². The summed E-state index contributed by atoms with van der Waals surface area (Å²) in [5.41, 5.74) is 0.895. The molecule has 3 rings (SSSR count). The number of fused-ring (bicyclic) bond motifs is 1. The summed E-state index contributed by atoms with van der Waals surface area (Å²) in [4.78, 5) is 3.99. The first-order chi connectivity index (χ1) is 10.1. The monoisotopic (exact) mass is 288 g/mol. The number of benzene rings is 1. The Hall–Kier alpha value is -2.83. The van der Waals surface area contributed by atoms with Gasteiger partial charge < -0.3 is 15.2 Å². The summed E-state index contributed by atoms with van der Waals surface area (Å²) in [6.07, 6.45) is 0. The fourth-order valence-corrected chi connectivity index (χ4v) is 2.07. The van der Waals surface area contributed by atoms with E-state index >= 15 is 0 Å². The lowest BCUT2D eigenvalue weighted by molar-refractivity contribution is 0.387. The zero-order valence-corrected chi connectivity index (χ0v) is 11.4. The van der Waals surface area contributed by atoms with Gasteiger partial charge in [-0.1, -0.05) is 0 Å². The molecule has 3 N–H and O–H groups in total. The van der Waals surface area contributed by atoms with Gasteiger partial charge in [0, 0.05) is 17.1 Å². The highest BCUT2D eigenvalue weighted by Gasteiger charge is 2.11. The normalized spacial score (nSPS) is 10.8. The van der Waals surface area contributed by atoms with Gasteiger partial charge in [0.25, 0.3) is 0 Å². The fraction of sp³-hybridized carbons (Fsp3) is 0.143. The Balaban J connectivity index is 2.06. The molecule has 0 amide bonds. The number of halogens is 1. The molecular weight excluding hydrogens is 275 g/mol. The number of nitrogens with zero attached hydrogens (tertiary/aromatic N) is 2. The number of ether oxygens (including phenoxy) is 1. The largest absolute Gasteiger partial charge is 0.494 e. The Kier molecular flexibility index (Phi) is 3.09. The van der Waals surface area contributed by atoms with E-state index in [9.17, 15) is 9.50 Å². The molecule has 2 heterocycles. The Morgan fingerprint density at radius 1 is 1.24 bits per heavy atom. The van der Waals surface area contributed by atoms with E-state index in [2.05, 4.69) is 20.5 Å². The van der Waals surface area contributed by atoms with Crippen LogP contribution in [0, 0.1) is 12.7 Å². The number of anilines is 2. The van der Waals surface area contributed by atoms with Crippen molar-refractivity contribution >= 4 is 22.4 Å². The minimum Gasteiger partial charge on any atom is -0.494 e. The first-order valence-electron chi connectivity index (χ1n) is 6.23. The molecule has 7 heteroatoms. The van der Waals surface area contributed by atoms with Crippen molar-refractivity contribution in [2.24, 2.45) is 0 Å². The Bertz CT molecular complexity index is 816. The maximum atomic E-state index is 13.7. The van der Waals surface area contributed by atoms with Crippen molar-refractivity contribution in [1.29, 1.82) is 0 Å². The predicted octanol–water partition coefficient (Wildman–Crippen LogP) is 2.86. The van der Waals surface area contributed by atoms with Gasteiger partial charge in [-0.25, -0.2) is 4.39 Å². The molecule has 0 aliphatic carbocycles. The van der Waals surface area contributed by atoms with Gasteiger partial charge in [0.2, 0.25) is 5.88 Å². The van der Waals surface area contributed by atoms with E-state index in [0.717, 1.165) is 5.69 Å². The van der Waals surface area contributed by atoms with Crippen LogP contribution in [0.4, 0.5) is 16.0 Å². The highest BCUT2D eigenvalue weighted by atomic mass is 19.1. The van der Waals surface area contributed by atoms with E-state index in [1.807, 2.05) is 6.92 Å². The molecule has 0 saturated carbocycles. The van der Waals surface area contributed by atoms with Crippen molar-refractivity contribution in [3.05, 3.63) is 35.8 Å². The minimum atomic E-state index is -0.550. The van der Waals surface area contributed by atoms with Gasteiger partial charge in [0.15, 0.2) is 17.4 Å². The molecule has 108 valence electrons. The van der Waals surface area contributed by atoms with Crippen LogP contribution in [0.25, 0.3) is 10.8 Å². The third-order valence-electron chi connectivity index (χ3n) is 3.05. The fourth-order valence-electron chi connectivity index (χ4n) is 2.07. The molecule has 0 fully saturated rings. The van der Waals surface area contributed by atoms with Crippen LogP contribution in [-0.4, -0.2) is 27.4 Å². The van der Waals surface area contributed by atoms with Crippen LogP contribution in [0.2, 0.25) is 0 Å². The number of aromatic nitrogens is 3. The van der Waals surface area contributed by atoms with E-state index in [1.54, 1.807) is 12.1 Å². The molecular formula is C14H13FN4O2. The lowest BCUT2D eigenvalue weighted by atomic mass is 10.1. The number of aromatic amines is 1. The van der Waals surface area contributed by atoms with E-state index < -0.39 is 5.82 Å². The smallest absolute Gasteiger partial charge is 0.220 e. The molecule has 21 heavy (non-hydrogen) atoms.